The molecule has 1 N–H and O–H groups in total. The van der Waals surface area contributed by atoms with Crippen LogP contribution in [0.5, 0.6) is 17.2 Å². The van der Waals surface area contributed by atoms with Crippen LogP contribution in [0.4, 0.5) is 5.69 Å². The molecule has 0 heterocycles. The van der Waals surface area contributed by atoms with Crippen LogP contribution >= 0.6 is 0 Å². The molecule has 1 unspecified atom stereocenters. The van der Waals surface area contributed by atoms with Gasteiger partial charge in [-0.3, -0.25) is 4.79 Å². The van der Waals surface area contributed by atoms with Gasteiger partial charge >= 0.3 is 5.97 Å². The van der Waals surface area contributed by atoms with Crippen LogP contribution in [0.15, 0.2) is 78.9 Å². The molecule has 8 nitrogen and oxygen atoms in total. The van der Waals surface area contributed by atoms with Crippen LogP contribution in [-0.2, 0) is 14.3 Å². The van der Waals surface area contributed by atoms with E-state index in [4.69, 9.17) is 24.2 Å². The summed E-state index contributed by atoms with van der Waals surface area (Å²) in [6, 6.07) is 22.5. The van der Waals surface area contributed by atoms with Gasteiger partial charge in [-0.05, 0) is 35.9 Å². The number of carbonyl (C=O) groups is 2. The standard InChI is InChI=1S/C27H24N2O6/c1-32-22-10-6-9-21(18-22)29-27(31)26(20-7-4-3-5-8-20)35-25(30)14-12-19-11-13-23(34-16-15-28)24(17-19)33-2/h3-14,17-18,26H,16H2,1-2H3,(H,29,31)/b14-12+. The van der Waals surface area contributed by atoms with Crippen LogP contribution in [0.3, 0.4) is 0 Å². The molecule has 178 valence electrons. The third-order valence-corrected chi connectivity index (χ3v) is 4.80. The minimum absolute atomic E-state index is 0.115. The molecule has 0 bridgehead atoms. The number of rotatable bonds is 10. The molecule has 3 aromatic carbocycles. The number of hydrogen-bond acceptors (Lipinski definition) is 7. The Bertz CT molecular complexity index is 1230. The van der Waals surface area contributed by atoms with E-state index in [2.05, 4.69) is 5.32 Å². The number of esters is 1. The summed E-state index contributed by atoms with van der Waals surface area (Å²) in [5.74, 6) is 0.191. The van der Waals surface area contributed by atoms with Gasteiger partial charge in [-0.15, -0.1) is 0 Å². The normalized spacial score (nSPS) is 11.2. The van der Waals surface area contributed by atoms with E-state index in [1.807, 2.05) is 6.07 Å². The van der Waals surface area contributed by atoms with Crippen LogP contribution in [-0.4, -0.2) is 32.7 Å². The molecule has 0 saturated heterocycles. The largest absolute Gasteiger partial charge is 0.497 e. The Kier molecular flexibility index (Phi) is 8.85. The van der Waals surface area contributed by atoms with Crippen molar-refractivity contribution in [1.29, 1.82) is 5.26 Å². The molecule has 3 aromatic rings. The molecule has 0 fully saturated rings. The van der Waals surface area contributed by atoms with Gasteiger partial charge in [0.25, 0.3) is 5.91 Å². The molecule has 0 aliphatic heterocycles. The highest BCUT2D eigenvalue weighted by molar-refractivity contribution is 5.97. The molecule has 1 atom stereocenters. The van der Waals surface area contributed by atoms with Gasteiger partial charge in [-0.1, -0.05) is 42.5 Å². The van der Waals surface area contributed by atoms with Gasteiger partial charge < -0.3 is 24.3 Å². The van der Waals surface area contributed by atoms with Gasteiger partial charge in [0.1, 0.15) is 11.8 Å². The van der Waals surface area contributed by atoms with E-state index in [1.165, 1.54) is 26.4 Å². The van der Waals surface area contributed by atoms with Gasteiger partial charge in [0.2, 0.25) is 6.10 Å². The summed E-state index contributed by atoms with van der Waals surface area (Å²) in [5, 5.41) is 11.4. The van der Waals surface area contributed by atoms with Crippen molar-refractivity contribution in [3.63, 3.8) is 0 Å². The first kappa shape index (κ1) is 24.9. The summed E-state index contributed by atoms with van der Waals surface area (Å²) in [6.07, 6.45) is 1.58. The van der Waals surface area contributed by atoms with E-state index in [-0.39, 0.29) is 6.61 Å². The number of hydrogen-bond donors (Lipinski definition) is 1. The maximum atomic E-state index is 13.0. The second-order valence-corrected chi connectivity index (χ2v) is 7.14. The molecule has 8 heteroatoms. The summed E-state index contributed by atoms with van der Waals surface area (Å²) >= 11 is 0. The highest BCUT2D eigenvalue weighted by Gasteiger charge is 2.24. The zero-order valence-corrected chi connectivity index (χ0v) is 19.3. The maximum Gasteiger partial charge on any atom is 0.331 e. The second kappa shape index (κ2) is 12.5. The fourth-order valence-electron chi connectivity index (χ4n) is 3.15. The second-order valence-electron chi connectivity index (χ2n) is 7.14. The van der Waals surface area contributed by atoms with E-state index in [9.17, 15) is 9.59 Å². The number of carbonyl (C=O) groups excluding carboxylic acids is 2. The Morgan fingerprint density at radius 3 is 2.49 bits per heavy atom. The van der Waals surface area contributed by atoms with Crippen molar-refractivity contribution in [3.05, 3.63) is 90.0 Å². The maximum absolute atomic E-state index is 13.0. The number of methoxy groups -OCH3 is 2. The SMILES string of the molecule is COc1cccc(NC(=O)C(OC(=O)/C=C/c2ccc(OCC#N)c(OC)c2)c2ccccc2)c1. The third-order valence-electron chi connectivity index (χ3n) is 4.80. The number of nitrogens with zero attached hydrogens (tertiary/aromatic N) is 1. The fraction of sp³-hybridized carbons (Fsp3) is 0.148. The minimum Gasteiger partial charge on any atom is -0.497 e. The van der Waals surface area contributed by atoms with Crippen molar-refractivity contribution in [2.24, 2.45) is 0 Å². The lowest BCUT2D eigenvalue weighted by Gasteiger charge is -2.17. The molecular formula is C27H24N2O6. The molecule has 0 aromatic heterocycles. The van der Waals surface area contributed by atoms with Crippen molar-refractivity contribution >= 4 is 23.6 Å². The van der Waals surface area contributed by atoms with Crippen LogP contribution < -0.4 is 19.5 Å². The molecule has 0 aliphatic rings. The number of benzene rings is 3. The van der Waals surface area contributed by atoms with Gasteiger partial charge in [0, 0.05) is 23.4 Å². The van der Waals surface area contributed by atoms with Crippen LogP contribution in [0.25, 0.3) is 6.08 Å². The molecule has 0 aliphatic carbocycles. The number of amides is 1. The molecular weight excluding hydrogens is 448 g/mol. The van der Waals surface area contributed by atoms with E-state index in [1.54, 1.807) is 72.8 Å². The molecule has 35 heavy (non-hydrogen) atoms. The highest BCUT2D eigenvalue weighted by atomic mass is 16.5. The van der Waals surface area contributed by atoms with Crippen LogP contribution in [0, 0.1) is 11.3 Å². The van der Waals surface area contributed by atoms with Crippen LogP contribution in [0.2, 0.25) is 0 Å². The molecule has 0 spiro atoms. The third kappa shape index (κ3) is 7.11. The minimum atomic E-state index is -1.17. The molecule has 0 saturated carbocycles. The van der Waals surface area contributed by atoms with Gasteiger partial charge in [-0.25, -0.2) is 4.79 Å². The summed E-state index contributed by atoms with van der Waals surface area (Å²) in [7, 11) is 3.01. The summed E-state index contributed by atoms with van der Waals surface area (Å²) < 4.78 is 21.3. The zero-order valence-electron chi connectivity index (χ0n) is 19.3. The van der Waals surface area contributed by atoms with Crippen molar-refractivity contribution in [2.45, 2.75) is 6.10 Å². The van der Waals surface area contributed by atoms with Gasteiger partial charge in [-0.2, -0.15) is 5.26 Å². The Balaban J connectivity index is 1.75. The summed E-state index contributed by atoms with van der Waals surface area (Å²) in [6.45, 7) is -0.115. The molecule has 0 radical (unpaired) electrons. The van der Waals surface area contributed by atoms with E-state index in [0.29, 0.717) is 34.1 Å². The van der Waals surface area contributed by atoms with E-state index >= 15 is 0 Å². The Labute approximate surface area is 203 Å². The Morgan fingerprint density at radius 1 is 0.971 bits per heavy atom. The van der Waals surface area contributed by atoms with Crippen molar-refractivity contribution in [2.75, 3.05) is 26.1 Å². The monoisotopic (exact) mass is 472 g/mol. The lowest BCUT2D eigenvalue weighted by Crippen LogP contribution is -2.25. The predicted molar refractivity (Wildman–Crippen MR) is 130 cm³/mol. The number of nitriles is 1. The number of nitrogens with one attached hydrogen (secondary N) is 1. The lowest BCUT2D eigenvalue weighted by molar-refractivity contribution is -0.149. The Hall–Kier alpha value is -4.77. The molecule has 1 amide bonds. The summed E-state index contributed by atoms with van der Waals surface area (Å²) in [4.78, 5) is 25.6. The Morgan fingerprint density at radius 2 is 1.77 bits per heavy atom. The van der Waals surface area contributed by atoms with Gasteiger partial charge in [0.05, 0.1) is 14.2 Å². The average molecular weight is 472 g/mol. The number of ether oxygens (including phenoxy) is 4. The summed E-state index contributed by atoms with van der Waals surface area (Å²) in [5.41, 5.74) is 1.67. The lowest BCUT2D eigenvalue weighted by atomic mass is 10.1. The predicted octanol–water partition coefficient (Wildman–Crippen LogP) is 4.54. The van der Waals surface area contributed by atoms with E-state index in [0.717, 1.165) is 0 Å². The van der Waals surface area contributed by atoms with Crippen molar-refractivity contribution in [3.8, 4) is 23.3 Å². The fourth-order valence-corrected chi connectivity index (χ4v) is 3.15. The van der Waals surface area contributed by atoms with Crippen LogP contribution in [0.1, 0.15) is 17.2 Å². The smallest absolute Gasteiger partial charge is 0.331 e. The molecule has 3 rings (SSSR count). The highest BCUT2D eigenvalue weighted by Crippen LogP contribution is 2.29. The van der Waals surface area contributed by atoms with Gasteiger partial charge in [0.15, 0.2) is 18.1 Å². The topological polar surface area (TPSA) is 107 Å². The van der Waals surface area contributed by atoms with Crippen molar-refractivity contribution in [1.82, 2.24) is 0 Å². The first-order valence-electron chi connectivity index (χ1n) is 10.6. The van der Waals surface area contributed by atoms with Crippen molar-refractivity contribution < 1.29 is 28.5 Å². The number of anilines is 1. The first-order chi connectivity index (χ1) is 17.0. The van der Waals surface area contributed by atoms with E-state index < -0.39 is 18.0 Å². The quantitative estimate of drug-likeness (QED) is 0.341. The average Bonchev–Trinajstić information content (AvgIpc) is 2.90. The first-order valence-corrected chi connectivity index (χ1v) is 10.6. The zero-order chi connectivity index (χ0) is 25.0.